The quantitative estimate of drug-likeness (QED) is 0.318. The van der Waals surface area contributed by atoms with Crippen molar-refractivity contribution in [1.82, 2.24) is 10.2 Å². The van der Waals surface area contributed by atoms with Gasteiger partial charge in [-0.3, -0.25) is 13.9 Å². The van der Waals surface area contributed by atoms with Crippen LogP contribution in [0.5, 0.6) is 11.5 Å². The summed E-state index contributed by atoms with van der Waals surface area (Å²) in [7, 11) is -1.43. The number of carbonyl (C=O) groups excluding carboxylic acids is 2. The van der Waals surface area contributed by atoms with Gasteiger partial charge in [0.05, 0.1) is 34.8 Å². The number of carbonyl (C=O) groups is 2. The van der Waals surface area contributed by atoms with E-state index in [2.05, 4.69) is 5.32 Å². The standard InChI is InChI=1S/C28H31Cl2N3O6S/c1-5-31-28(35)19(2)32(17-20-11-13-23(29)24(30)15-20)27(34)18-33(21-9-7-6-8-10-21)40(36,37)22-12-14-25(38-3)26(16-22)39-4/h6-16,19H,5,17-18H2,1-4H3,(H,31,35). The van der Waals surface area contributed by atoms with Gasteiger partial charge in [-0.15, -0.1) is 0 Å². The number of rotatable bonds is 12. The fourth-order valence-corrected chi connectivity index (χ4v) is 5.72. The smallest absolute Gasteiger partial charge is 0.264 e. The minimum absolute atomic E-state index is 0.00689. The molecule has 1 N–H and O–H groups in total. The first-order valence-electron chi connectivity index (χ1n) is 12.3. The molecule has 2 amide bonds. The van der Waals surface area contributed by atoms with E-state index in [1.54, 1.807) is 62.4 Å². The Hall–Kier alpha value is -3.47. The number of nitrogens with one attached hydrogen (secondary N) is 1. The zero-order chi connectivity index (χ0) is 29.4. The normalized spacial score (nSPS) is 11.8. The number of amides is 2. The Morgan fingerprint density at radius 2 is 1.60 bits per heavy atom. The first-order chi connectivity index (χ1) is 19.0. The van der Waals surface area contributed by atoms with Crippen molar-refractivity contribution in [2.45, 2.75) is 31.3 Å². The summed E-state index contributed by atoms with van der Waals surface area (Å²) in [5.74, 6) is -0.413. The number of methoxy groups -OCH3 is 2. The average molecular weight is 609 g/mol. The molecule has 0 heterocycles. The van der Waals surface area contributed by atoms with E-state index in [4.69, 9.17) is 32.7 Å². The molecule has 0 saturated heterocycles. The molecule has 0 aliphatic heterocycles. The zero-order valence-corrected chi connectivity index (χ0v) is 24.9. The maximum atomic E-state index is 14.0. The first kappa shape index (κ1) is 31.1. The monoisotopic (exact) mass is 607 g/mol. The molecular weight excluding hydrogens is 577 g/mol. The Labute approximate surface area is 244 Å². The summed E-state index contributed by atoms with van der Waals surface area (Å²) in [6.45, 7) is 3.12. The molecule has 9 nitrogen and oxygen atoms in total. The van der Waals surface area contributed by atoms with Gasteiger partial charge in [0.1, 0.15) is 12.6 Å². The minimum Gasteiger partial charge on any atom is -0.493 e. The van der Waals surface area contributed by atoms with Crippen LogP contribution in [0.25, 0.3) is 0 Å². The molecular formula is C28H31Cl2N3O6S. The molecule has 0 aliphatic rings. The van der Waals surface area contributed by atoms with Crippen LogP contribution in [0.3, 0.4) is 0 Å². The fraction of sp³-hybridized carbons (Fsp3) is 0.286. The minimum atomic E-state index is -4.27. The Morgan fingerprint density at radius 3 is 2.20 bits per heavy atom. The van der Waals surface area contributed by atoms with E-state index in [1.807, 2.05) is 0 Å². The van der Waals surface area contributed by atoms with Crippen LogP contribution in [0.1, 0.15) is 19.4 Å². The van der Waals surface area contributed by atoms with Crippen LogP contribution in [-0.4, -0.2) is 58.5 Å². The summed E-state index contributed by atoms with van der Waals surface area (Å²) in [6, 6.07) is 16.4. The maximum absolute atomic E-state index is 14.0. The lowest BCUT2D eigenvalue weighted by molar-refractivity contribution is -0.139. The molecule has 3 aromatic rings. The number of halogens is 2. The molecule has 214 valence electrons. The van der Waals surface area contributed by atoms with Gasteiger partial charge in [0.2, 0.25) is 11.8 Å². The van der Waals surface area contributed by atoms with Crippen molar-refractivity contribution >= 4 is 50.7 Å². The lowest BCUT2D eigenvalue weighted by Crippen LogP contribution is -2.51. The van der Waals surface area contributed by atoms with Crippen molar-refractivity contribution in [3.05, 3.63) is 82.3 Å². The summed E-state index contributed by atoms with van der Waals surface area (Å²) in [4.78, 5) is 27.9. The van der Waals surface area contributed by atoms with Gasteiger partial charge >= 0.3 is 0 Å². The Kier molecular flexibility index (Phi) is 10.7. The SMILES string of the molecule is CCNC(=O)C(C)N(Cc1ccc(Cl)c(Cl)c1)C(=O)CN(c1ccccc1)S(=O)(=O)c1ccc(OC)c(OC)c1. The molecule has 3 rings (SSSR count). The molecule has 0 fully saturated rings. The number of anilines is 1. The van der Waals surface area contributed by atoms with Gasteiger partial charge in [0.25, 0.3) is 10.0 Å². The molecule has 0 spiro atoms. The van der Waals surface area contributed by atoms with Gasteiger partial charge in [0.15, 0.2) is 11.5 Å². The predicted octanol–water partition coefficient (Wildman–Crippen LogP) is 4.76. The molecule has 3 aromatic carbocycles. The van der Waals surface area contributed by atoms with E-state index in [9.17, 15) is 18.0 Å². The maximum Gasteiger partial charge on any atom is 0.264 e. The largest absolute Gasteiger partial charge is 0.493 e. The highest BCUT2D eigenvalue weighted by Crippen LogP contribution is 2.32. The van der Waals surface area contributed by atoms with E-state index in [0.29, 0.717) is 27.9 Å². The average Bonchev–Trinajstić information content (AvgIpc) is 2.95. The van der Waals surface area contributed by atoms with Gasteiger partial charge in [-0.1, -0.05) is 47.5 Å². The van der Waals surface area contributed by atoms with Crippen LogP contribution < -0.4 is 19.1 Å². The van der Waals surface area contributed by atoms with Crippen LogP contribution >= 0.6 is 23.2 Å². The fourth-order valence-electron chi connectivity index (χ4n) is 3.97. The van der Waals surface area contributed by atoms with Crippen molar-refractivity contribution in [3.8, 4) is 11.5 Å². The van der Waals surface area contributed by atoms with Gasteiger partial charge in [-0.25, -0.2) is 8.42 Å². The van der Waals surface area contributed by atoms with E-state index < -0.39 is 28.5 Å². The molecule has 1 atom stereocenters. The molecule has 0 radical (unpaired) electrons. The summed E-state index contributed by atoms with van der Waals surface area (Å²) >= 11 is 12.2. The molecule has 0 aromatic heterocycles. The van der Waals surface area contributed by atoms with Crippen LogP contribution in [0.2, 0.25) is 10.0 Å². The number of hydrogen-bond donors (Lipinski definition) is 1. The molecule has 12 heteroatoms. The lowest BCUT2D eigenvalue weighted by atomic mass is 10.1. The summed E-state index contributed by atoms with van der Waals surface area (Å²) in [5.41, 5.74) is 0.888. The molecule has 0 bridgehead atoms. The summed E-state index contributed by atoms with van der Waals surface area (Å²) in [5, 5.41) is 3.35. The first-order valence-corrected chi connectivity index (χ1v) is 14.5. The second-order valence-electron chi connectivity index (χ2n) is 8.70. The van der Waals surface area contributed by atoms with Gasteiger partial charge in [-0.05, 0) is 55.8 Å². The zero-order valence-electron chi connectivity index (χ0n) is 22.6. The molecule has 40 heavy (non-hydrogen) atoms. The Bertz CT molecular complexity index is 1450. The van der Waals surface area contributed by atoms with Gasteiger partial charge in [0, 0.05) is 19.2 Å². The summed E-state index contributed by atoms with van der Waals surface area (Å²) < 4.78 is 39.4. The topological polar surface area (TPSA) is 105 Å². The molecule has 0 saturated carbocycles. The van der Waals surface area contributed by atoms with Crippen molar-refractivity contribution in [1.29, 1.82) is 0 Å². The second-order valence-corrected chi connectivity index (χ2v) is 11.4. The summed E-state index contributed by atoms with van der Waals surface area (Å²) in [6.07, 6.45) is 0. The van der Waals surface area contributed by atoms with Crippen LogP contribution in [-0.2, 0) is 26.2 Å². The van der Waals surface area contributed by atoms with Crippen molar-refractivity contribution in [2.24, 2.45) is 0 Å². The molecule has 1 unspecified atom stereocenters. The Balaban J connectivity index is 2.05. The van der Waals surface area contributed by atoms with Crippen molar-refractivity contribution < 1.29 is 27.5 Å². The van der Waals surface area contributed by atoms with Gasteiger partial charge in [-0.2, -0.15) is 0 Å². The number of hydrogen-bond acceptors (Lipinski definition) is 6. The predicted molar refractivity (Wildman–Crippen MR) is 156 cm³/mol. The highest BCUT2D eigenvalue weighted by Gasteiger charge is 2.33. The molecule has 0 aliphatic carbocycles. The number of nitrogens with zero attached hydrogens (tertiary/aromatic N) is 2. The van der Waals surface area contributed by atoms with Crippen LogP contribution in [0.4, 0.5) is 5.69 Å². The third-order valence-corrected chi connectivity index (χ3v) is 8.63. The number of likely N-dealkylation sites (N-methyl/N-ethyl adjacent to an activating group) is 1. The van der Waals surface area contributed by atoms with Gasteiger partial charge < -0.3 is 19.7 Å². The second kappa shape index (κ2) is 13.7. The van der Waals surface area contributed by atoms with E-state index in [-0.39, 0.29) is 28.8 Å². The van der Waals surface area contributed by atoms with Crippen LogP contribution in [0.15, 0.2) is 71.6 Å². The van der Waals surface area contributed by atoms with E-state index in [0.717, 1.165) is 4.31 Å². The van der Waals surface area contributed by atoms with E-state index >= 15 is 0 Å². The van der Waals surface area contributed by atoms with Crippen molar-refractivity contribution in [3.63, 3.8) is 0 Å². The highest BCUT2D eigenvalue weighted by molar-refractivity contribution is 7.92. The van der Waals surface area contributed by atoms with Crippen molar-refractivity contribution in [2.75, 3.05) is 31.6 Å². The Morgan fingerprint density at radius 1 is 0.925 bits per heavy atom. The number of ether oxygens (including phenoxy) is 2. The number of para-hydroxylation sites is 1. The number of benzene rings is 3. The lowest BCUT2D eigenvalue weighted by Gasteiger charge is -2.32. The van der Waals surface area contributed by atoms with E-state index in [1.165, 1.54) is 37.3 Å². The third-order valence-electron chi connectivity index (χ3n) is 6.12. The third kappa shape index (κ3) is 7.18. The highest BCUT2D eigenvalue weighted by atomic mass is 35.5. The number of sulfonamides is 1. The van der Waals surface area contributed by atoms with Crippen LogP contribution in [0, 0.1) is 0 Å².